The van der Waals surface area contributed by atoms with Crippen LogP contribution in [0.1, 0.15) is 12.8 Å². The van der Waals surface area contributed by atoms with Gasteiger partial charge in [0.25, 0.3) is 0 Å². The lowest BCUT2D eigenvalue weighted by Crippen LogP contribution is -2.16. The van der Waals surface area contributed by atoms with Gasteiger partial charge >= 0.3 is 0 Å². The van der Waals surface area contributed by atoms with Gasteiger partial charge in [0.2, 0.25) is 5.95 Å². The molecule has 1 aromatic rings. The van der Waals surface area contributed by atoms with E-state index in [2.05, 4.69) is 26.0 Å². The molecule has 0 saturated carbocycles. The van der Waals surface area contributed by atoms with E-state index in [0.29, 0.717) is 10.7 Å². The number of nitrogens with zero attached hydrogens (tertiary/aromatic N) is 3. The first-order chi connectivity index (χ1) is 6.25. The molecule has 0 unspecified atom stereocenters. The summed E-state index contributed by atoms with van der Waals surface area (Å²) in [5.74, 6) is 0.296. The van der Waals surface area contributed by atoms with Crippen LogP contribution in [0.5, 0.6) is 0 Å². The Kier molecular flexibility index (Phi) is 2.50. The summed E-state index contributed by atoms with van der Waals surface area (Å²) < 4.78 is 7.87. The van der Waals surface area contributed by atoms with E-state index < -0.39 is 0 Å². The van der Waals surface area contributed by atoms with Crippen LogP contribution in [0.15, 0.2) is 4.73 Å². The summed E-state index contributed by atoms with van der Waals surface area (Å²) in [5.41, 5.74) is 5.44. The zero-order valence-electron chi connectivity index (χ0n) is 7.11. The molecule has 0 aliphatic carbocycles. The van der Waals surface area contributed by atoms with E-state index in [1.165, 1.54) is 0 Å². The van der Waals surface area contributed by atoms with Crippen LogP contribution in [0.3, 0.4) is 0 Å². The molecule has 2 N–H and O–H groups in total. The van der Waals surface area contributed by atoms with E-state index in [1.807, 2.05) is 0 Å². The van der Waals surface area contributed by atoms with Gasteiger partial charge in [-0.05, 0) is 28.8 Å². The number of rotatable bonds is 2. The van der Waals surface area contributed by atoms with E-state index in [1.54, 1.807) is 4.68 Å². The van der Waals surface area contributed by atoms with Crippen molar-refractivity contribution in [2.75, 3.05) is 12.3 Å². The molecule has 0 aromatic carbocycles. The predicted octanol–water partition coefficient (Wildman–Crippen LogP) is 0.802. The number of nitrogens with two attached hydrogens (primary N) is 1. The topological polar surface area (TPSA) is 66.0 Å². The second kappa shape index (κ2) is 3.63. The van der Waals surface area contributed by atoms with Crippen LogP contribution in [0.4, 0.5) is 5.95 Å². The maximum Gasteiger partial charge on any atom is 0.240 e. The molecule has 1 fully saturated rings. The van der Waals surface area contributed by atoms with Crippen LogP contribution in [-0.4, -0.2) is 27.5 Å². The smallest absolute Gasteiger partial charge is 0.240 e. The number of aromatic nitrogens is 3. The highest BCUT2D eigenvalue weighted by atomic mass is 79.9. The normalized spacial score (nSPS) is 22.4. The van der Waals surface area contributed by atoms with E-state index in [9.17, 15) is 0 Å². The molecule has 1 atom stereocenters. The van der Waals surface area contributed by atoms with Crippen molar-refractivity contribution in [1.29, 1.82) is 0 Å². The van der Waals surface area contributed by atoms with E-state index in [4.69, 9.17) is 10.5 Å². The molecule has 0 amide bonds. The Bertz CT molecular complexity index is 295. The van der Waals surface area contributed by atoms with Gasteiger partial charge in [-0.25, -0.2) is 4.68 Å². The zero-order valence-corrected chi connectivity index (χ0v) is 8.70. The molecule has 13 heavy (non-hydrogen) atoms. The van der Waals surface area contributed by atoms with Gasteiger partial charge in [0.05, 0.1) is 12.6 Å². The van der Waals surface area contributed by atoms with Crippen molar-refractivity contribution in [1.82, 2.24) is 14.8 Å². The van der Waals surface area contributed by atoms with E-state index in [-0.39, 0.29) is 6.10 Å². The van der Waals surface area contributed by atoms with Crippen LogP contribution < -0.4 is 5.73 Å². The molecule has 0 radical (unpaired) electrons. The lowest BCUT2D eigenvalue weighted by Gasteiger charge is -2.08. The van der Waals surface area contributed by atoms with Gasteiger partial charge in [-0.3, -0.25) is 0 Å². The molecule has 1 aliphatic rings. The average molecular weight is 247 g/mol. The Hall–Kier alpha value is -0.620. The largest absolute Gasteiger partial charge is 0.376 e. The fourth-order valence-electron chi connectivity index (χ4n) is 1.44. The quantitative estimate of drug-likeness (QED) is 0.839. The van der Waals surface area contributed by atoms with Crippen LogP contribution in [0.2, 0.25) is 0 Å². The number of hydrogen-bond acceptors (Lipinski definition) is 4. The lowest BCUT2D eigenvalue weighted by atomic mass is 10.2. The highest BCUT2D eigenvalue weighted by Crippen LogP contribution is 2.16. The third kappa shape index (κ3) is 2.00. The molecule has 72 valence electrons. The molecule has 6 heteroatoms. The standard InChI is InChI=1S/C7H11BrN4O/c8-6-10-7(9)11-12(6)4-5-2-1-3-13-5/h5H,1-4H2,(H2,9,11)/t5-/m0/s1. The lowest BCUT2D eigenvalue weighted by molar-refractivity contribution is 0.0933. The molecule has 0 bridgehead atoms. The van der Waals surface area contributed by atoms with Gasteiger partial charge in [0.1, 0.15) is 0 Å². The minimum absolute atomic E-state index is 0.261. The predicted molar refractivity (Wildman–Crippen MR) is 51.1 cm³/mol. The van der Waals surface area contributed by atoms with Gasteiger partial charge in [-0.15, -0.1) is 5.10 Å². The Morgan fingerprint density at radius 1 is 1.69 bits per heavy atom. The third-order valence-electron chi connectivity index (χ3n) is 2.04. The Morgan fingerprint density at radius 3 is 3.08 bits per heavy atom. The maximum atomic E-state index is 5.47. The van der Waals surface area contributed by atoms with Gasteiger partial charge in [-0.2, -0.15) is 4.98 Å². The fourth-order valence-corrected chi connectivity index (χ4v) is 1.84. The molecule has 0 spiro atoms. The number of ether oxygens (including phenoxy) is 1. The van der Waals surface area contributed by atoms with Crippen molar-refractivity contribution < 1.29 is 4.74 Å². The Morgan fingerprint density at radius 2 is 2.54 bits per heavy atom. The van der Waals surface area contributed by atoms with Crippen molar-refractivity contribution in [3.8, 4) is 0 Å². The van der Waals surface area contributed by atoms with Gasteiger partial charge < -0.3 is 10.5 Å². The van der Waals surface area contributed by atoms with Gasteiger partial charge in [0.15, 0.2) is 4.73 Å². The van der Waals surface area contributed by atoms with Crippen LogP contribution in [0.25, 0.3) is 0 Å². The molecule has 1 aliphatic heterocycles. The molecule has 2 heterocycles. The summed E-state index contributed by atoms with van der Waals surface area (Å²) in [7, 11) is 0. The molecule has 2 rings (SSSR count). The molecular weight excluding hydrogens is 236 g/mol. The zero-order chi connectivity index (χ0) is 9.26. The van der Waals surface area contributed by atoms with Crippen LogP contribution in [0, 0.1) is 0 Å². The van der Waals surface area contributed by atoms with E-state index >= 15 is 0 Å². The summed E-state index contributed by atoms with van der Waals surface area (Å²) >= 11 is 3.28. The Balaban J connectivity index is 2.03. The highest BCUT2D eigenvalue weighted by molar-refractivity contribution is 9.10. The second-order valence-corrected chi connectivity index (χ2v) is 3.77. The summed E-state index contributed by atoms with van der Waals surface area (Å²) in [5, 5.41) is 4.03. The monoisotopic (exact) mass is 246 g/mol. The fraction of sp³-hybridized carbons (Fsp3) is 0.714. The maximum absolute atomic E-state index is 5.47. The first-order valence-corrected chi connectivity index (χ1v) is 5.02. The molecule has 1 aromatic heterocycles. The van der Waals surface area contributed by atoms with Crippen molar-refractivity contribution in [3.05, 3.63) is 4.73 Å². The average Bonchev–Trinajstić information content (AvgIpc) is 2.63. The first kappa shape index (κ1) is 8.96. The van der Waals surface area contributed by atoms with Crippen molar-refractivity contribution in [2.24, 2.45) is 0 Å². The van der Waals surface area contributed by atoms with Crippen molar-refractivity contribution in [2.45, 2.75) is 25.5 Å². The second-order valence-electron chi connectivity index (χ2n) is 3.06. The van der Waals surface area contributed by atoms with Crippen molar-refractivity contribution >= 4 is 21.9 Å². The molecule has 1 saturated heterocycles. The first-order valence-electron chi connectivity index (χ1n) is 4.23. The highest BCUT2D eigenvalue weighted by Gasteiger charge is 2.18. The third-order valence-corrected chi connectivity index (χ3v) is 2.63. The van der Waals surface area contributed by atoms with Crippen LogP contribution in [-0.2, 0) is 11.3 Å². The SMILES string of the molecule is Nc1nc(Br)n(C[C@@H]2CCCO2)n1. The summed E-state index contributed by atoms with van der Waals surface area (Å²) in [6, 6.07) is 0. The number of anilines is 1. The number of nitrogen functional groups attached to an aromatic ring is 1. The van der Waals surface area contributed by atoms with Crippen LogP contribution >= 0.6 is 15.9 Å². The minimum atomic E-state index is 0.261. The minimum Gasteiger partial charge on any atom is -0.376 e. The number of hydrogen-bond donors (Lipinski definition) is 1. The Labute approximate surface area is 84.4 Å². The number of halogens is 1. The summed E-state index contributed by atoms with van der Waals surface area (Å²) in [6.45, 7) is 1.58. The summed E-state index contributed by atoms with van der Waals surface area (Å²) in [4.78, 5) is 3.94. The van der Waals surface area contributed by atoms with Gasteiger partial charge in [-0.1, -0.05) is 0 Å². The summed E-state index contributed by atoms with van der Waals surface area (Å²) in [6.07, 6.45) is 2.48. The molecule has 5 nitrogen and oxygen atoms in total. The van der Waals surface area contributed by atoms with E-state index in [0.717, 1.165) is 26.0 Å². The van der Waals surface area contributed by atoms with Crippen molar-refractivity contribution in [3.63, 3.8) is 0 Å². The van der Waals surface area contributed by atoms with Gasteiger partial charge in [0, 0.05) is 6.61 Å². The molecular formula is C7H11BrN4O.